The maximum Gasteiger partial charge on any atom is 0.0366 e. The Bertz CT molecular complexity index is 143. The van der Waals surface area contributed by atoms with Gasteiger partial charge in [0.1, 0.15) is 0 Å². The summed E-state index contributed by atoms with van der Waals surface area (Å²) in [5.74, 6) is 0. The normalized spacial score (nSPS) is 8.62. The topological polar surface area (TPSA) is 0 Å². The van der Waals surface area contributed by atoms with E-state index >= 15 is 0 Å². The predicted octanol–water partition coefficient (Wildman–Crippen LogP) is 5.31. The fourth-order valence-electron chi connectivity index (χ4n) is 0.542. The van der Waals surface area contributed by atoms with Gasteiger partial charge in [-0.25, -0.2) is 0 Å². The van der Waals surface area contributed by atoms with E-state index in [2.05, 4.69) is 13.2 Å². The Morgan fingerprint density at radius 3 is 1.69 bits per heavy atom. The highest BCUT2D eigenvalue weighted by Crippen LogP contribution is 2.14. The van der Waals surface area contributed by atoms with Crippen molar-refractivity contribution in [1.29, 1.82) is 0 Å². The van der Waals surface area contributed by atoms with Crippen LogP contribution in [-0.2, 0) is 0 Å². The van der Waals surface area contributed by atoms with Crippen LogP contribution >= 0.6 is 11.6 Å². The average Bonchev–Trinajstić information content (AvgIpc) is 2.20. The lowest BCUT2D eigenvalue weighted by Crippen LogP contribution is -1.76. The number of rotatable bonds is 3. The molecule has 13 heavy (non-hydrogen) atoms. The first kappa shape index (κ1) is 18.3. The lowest BCUT2D eigenvalue weighted by atomic mass is 10.2. The summed E-state index contributed by atoms with van der Waals surface area (Å²) in [7, 11) is 0. The zero-order valence-corrected chi connectivity index (χ0v) is 10.4. The zero-order chi connectivity index (χ0) is 11.3. The summed E-state index contributed by atoms with van der Waals surface area (Å²) in [5, 5.41) is 0.609. The minimum absolute atomic E-state index is 0.609. The van der Waals surface area contributed by atoms with Crippen molar-refractivity contribution >= 4 is 11.6 Å². The van der Waals surface area contributed by atoms with Crippen LogP contribution in [0.25, 0.3) is 0 Å². The van der Waals surface area contributed by atoms with Crippen molar-refractivity contribution in [3.63, 3.8) is 0 Å². The predicted molar refractivity (Wildman–Crippen MR) is 66.3 cm³/mol. The fourth-order valence-corrected chi connectivity index (χ4v) is 0.739. The number of hydrogen-bond acceptors (Lipinski definition) is 0. The molecule has 0 rings (SSSR count). The van der Waals surface area contributed by atoms with Crippen LogP contribution in [0.2, 0.25) is 0 Å². The van der Waals surface area contributed by atoms with Crippen LogP contribution < -0.4 is 0 Å². The Morgan fingerprint density at radius 1 is 1.23 bits per heavy atom. The maximum absolute atomic E-state index is 5.61. The highest BCUT2D eigenvalue weighted by atomic mass is 35.5. The molecule has 0 atom stereocenters. The van der Waals surface area contributed by atoms with Gasteiger partial charge >= 0.3 is 0 Å². The summed E-state index contributed by atoms with van der Waals surface area (Å²) < 4.78 is 0. The van der Waals surface area contributed by atoms with E-state index in [1.165, 1.54) is 0 Å². The number of hydrogen-bond donors (Lipinski definition) is 0. The molecule has 0 aromatic carbocycles. The van der Waals surface area contributed by atoms with E-state index in [0.717, 1.165) is 12.0 Å². The lowest BCUT2D eigenvalue weighted by Gasteiger charge is -1.96. The third-order valence-corrected chi connectivity index (χ3v) is 1.29. The quantitative estimate of drug-likeness (QED) is 0.544. The van der Waals surface area contributed by atoms with Gasteiger partial charge in [-0.1, -0.05) is 71.5 Å². The maximum atomic E-state index is 5.61. The van der Waals surface area contributed by atoms with Crippen molar-refractivity contribution in [2.45, 2.75) is 41.0 Å². The first-order valence-electron chi connectivity index (χ1n) is 4.88. The first-order valence-corrected chi connectivity index (χ1v) is 5.26. The van der Waals surface area contributed by atoms with Crippen LogP contribution in [0.5, 0.6) is 0 Å². The summed E-state index contributed by atoms with van der Waals surface area (Å²) >= 11 is 5.61. The Kier molecular flexibility index (Phi) is 24.7. The van der Waals surface area contributed by atoms with Crippen LogP contribution in [0.15, 0.2) is 35.9 Å². The summed E-state index contributed by atoms with van der Waals surface area (Å²) in [5.41, 5.74) is 1.05. The standard InChI is InChI=1S/C8H11Cl.2C2H6/c1-4-6-8(5-2)7(3)9;2*1-2/h4,6H,1,3,5H2,2H3;2*1-2H3/b8-6-;;. The lowest BCUT2D eigenvalue weighted by molar-refractivity contribution is 1.14. The minimum atomic E-state index is 0.609. The molecule has 0 fully saturated rings. The number of allylic oxidation sites excluding steroid dienone is 4. The van der Waals surface area contributed by atoms with Gasteiger partial charge in [0.2, 0.25) is 0 Å². The van der Waals surface area contributed by atoms with Crippen molar-refractivity contribution in [2.24, 2.45) is 0 Å². The fraction of sp³-hybridized carbons (Fsp3) is 0.500. The number of halogens is 1. The van der Waals surface area contributed by atoms with Crippen molar-refractivity contribution in [1.82, 2.24) is 0 Å². The summed E-state index contributed by atoms with van der Waals surface area (Å²) in [6, 6.07) is 0. The summed E-state index contributed by atoms with van der Waals surface area (Å²) in [6.07, 6.45) is 4.50. The second-order valence-corrected chi connectivity index (χ2v) is 2.14. The monoisotopic (exact) mass is 202 g/mol. The molecule has 0 aliphatic rings. The van der Waals surface area contributed by atoms with Crippen molar-refractivity contribution in [2.75, 3.05) is 0 Å². The minimum Gasteiger partial charge on any atom is -0.0991 e. The second-order valence-electron chi connectivity index (χ2n) is 1.69. The van der Waals surface area contributed by atoms with Crippen LogP contribution in [0, 0.1) is 0 Å². The Hall–Kier alpha value is -0.490. The molecule has 0 aromatic heterocycles. The molecular weight excluding hydrogens is 180 g/mol. The molecule has 0 aromatic rings. The van der Waals surface area contributed by atoms with Gasteiger partial charge in [0.05, 0.1) is 0 Å². The van der Waals surface area contributed by atoms with Crippen LogP contribution in [0.4, 0.5) is 0 Å². The highest BCUT2D eigenvalue weighted by Gasteiger charge is 1.92. The van der Waals surface area contributed by atoms with E-state index < -0.39 is 0 Å². The molecule has 0 aliphatic heterocycles. The van der Waals surface area contributed by atoms with Crippen LogP contribution in [0.3, 0.4) is 0 Å². The van der Waals surface area contributed by atoms with E-state index in [0.29, 0.717) is 5.03 Å². The average molecular weight is 203 g/mol. The zero-order valence-electron chi connectivity index (χ0n) is 9.65. The molecule has 0 saturated heterocycles. The Balaban J connectivity index is -0.000000218. The van der Waals surface area contributed by atoms with Crippen LogP contribution in [-0.4, -0.2) is 0 Å². The van der Waals surface area contributed by atoms with Crippen molar-refractivity contribution in [3.8, 4) is 0 Å². The molecule has 0 saturated carbocycles. The van der Waals surface area contributed by atoms with E-state index in [9.17, 15) is 0 Å². The Labute approximate surface area is 89.0 Å². The first-order chi connectivity index (χ1) is 6.22. The molecule has 0 bridgehead atoms. The largest absolute Gasteiger partial charge is 0.0991 e. The van der Waals surface area contributed by atoms with E-state index in [4.69, 9.17) is 11.6 Å². The van der Waals surface area contributed by atoms with E-state index in [1.54, 1.807) is 6.08 Å². The van der Waals surface area contributed by atoms with Crippen molar-refractivity contribution < 1.29 is 0 Å². The van der Waals surface area contributed by atoms with Gasteiger partial charge in [-0.3, -0.25) is 0 Å². The highest BCUT2D eigenvalue weighted by molar-refractivity contribution is 6.31. The molecule has 0 heterocycles. The molecule has 0 unspecified atom stereocenters. The summed E-state index contributed by atoms with van der Waals surface area (Å²) in [4.78, 5) is 0. The molecule has 0 radical (unpaired) electrons. The second kappa shape index (κ2) is 17.6. The molecule has 1 heteroatoms. The SMILES string of the molecule is C=C/C=C(/CC)C(=C)Cl.CC.CC. The molecule has 0 spiro atoms. The van der Waals surface area contributed by atoms with Gasteiger partial charge in [0.15, 0.2) is 0 Å². The molecule has 0 aliphatic carbocycles. The van der Waals surface area contributed by atoms with Gasteiger partial charge in [-0.2, -0.15) is 0 Å². The molecule has 0 nitrogen and oxygen atoms in total. The van der Waals surface area contributed by atoms with Crippen molar-refractivity contribution in [3.05, 3.63) is 35.9 Å². The summed E-state index contributed by atoms with van der Waals surface area (Å²) in [6.45, 7) is 17.2. The van der Waals surface area contributed by atoms with Gasteiger partial charge in [-0.15, -0.1) is 0 Å². The van der Waals surface area contributed by atoms with Gasteiger partial charge < -0.3 is 0 Å². The third kappa shape index (κ3) is 14.4. The van der Waals surface area contributed by atoms with Gasteiger partial charge in [0, 0.05) is 5.03 Å². The van der Waals surface area contributed by atoms with E-state index in [1.807, 2.05) is 40.7 Å². The van der Waals surface area contributed by atoms with Crippen LogP contribution in [0.1, 0.15) is 41.0 Å². The molecule has 0 N–H and O–H groups in total. The third-order valence-electron chi connectivity index (χ3n) is 1.05. The van der Waals surface area contributed by atoms with Gasteiger partial charge in [0.25, 0.3) is 0 Å². The van der Waals surface area contributed by atoms with E-state index in [-0.39, 0.29) is 0 Å². The van der Waals surface area contributed by atoms with Gasteiger partial charge in [-0.05, 0) is 12.0 Å². The Morgan fingerprint density at radius 2 is 1.62 bits per heavy atom. The molecule has 0 amide bonds. The smallest absolute Gasteiger partial charge is 0.0366 e. The molecular formula is C12H23Cl. The molecule has 78 valence electrons.